The number of nitrogens with zero attached hydrogens (tertiary/aromatic N) is 1. The molecule has 0 bridgehead atoms. The first kappa shape index (κ1) is 13.6. The largest absolute Gasteiger partial charge is 0.314 e. The third kappa shape index (κ3) is 4.11. The molecule has 1 saturated heterocycles. The van der Waals surface area contributed by atoms with Gasteiger partial charge in [0.2, 0.25) is 0 Å². The molecule has 18 heavy (non-hydrogen) atoms. The van der Waals surface area contributed by atoms with Gasteiger partial charge in [-0.25, -0.2) is 0 Å². The minimum absolute atomic E-state index is 0.651. The van der Waals surface area contributed by atoms with Crippen LogP contribution in [0.2, 0.25) is 0 Å². The van der Waals surface area contributed by atoms with E-state index < -0.39 is 0 Å². The van der Waals surface area contributed by atoms with Gasteiger partial charge in [-0.15, -0.1) is 0 Å². The van der Waals surface area contributed by atoms with Crippen LogP contribution in [0.5, 0.6) is 0 Å². The van der Waals surface area contributed by atoms with E-state index in [0.717, 1.165) is 6.54 Å². The number of rotatable bonds is 3. The fraction of sp³-hybridized carbons (Fsp3) is 0.625. The van der Waals surface area contributed by atoms with Crippen LogP contribution in [-0.4, -0.2) is 36.6 Å². The lowest BCUT2D eigenvalue weighted by molar-refractivity contribution is 0.183. The Labute approximate surface area is 111 Å². The summed E-state index contributed by atoms with van der Waals surface area (Å²) in [7, 11) is 0. The van der Waals surface area contributed by atoms with Gasteiger partial charge in [-0.3, -0.25) is 0 Å². The van der Waals surface area contributed by atoms with E-state index in [1.807, 2.05) is 0 Å². The molecule has 2 heteroatoms. The monoisotopic (exact) mass is 246 g/mol. The fourth-order valence-electron chi connectivity index (χ4n) is 2.73. The van der Waals surface area contributed by atoms with E-state index in [0.29, 0.717) is 12.1 Å². The average Bonchev–Trinajstić information content (AvgIpc) is 2.35. The predicted octanol–water partition coefficient (Wildman–Crippen LogP) is 2.69. The van der Waals surface area contributed by atoms with Crippen molar-refractivity contribution in [1.29, 1.82) is 0 Å². The zero-order valence-corrected chi connectivity index (χ0v) is 11.7. The fourth-order valence-corrected chi connectivity index (χ4v) is 2.73. The van der Waals surface area contributed by atoms with Crippen molar-refractivity contribution in [2.45, 2.75) is 45.2 Å². The zero-order chi connectivity index (χ0) is 12.8. The Kier molecular flexibility index (Phi) is 5.21. The molecule has 2 unspecified atom stereocenters. The molecule has 1 heterocycles. The number of nitrogens with one attached hydrogen (secondary N) is 1. The Morgan fingerprint density at radius 2 is 2.06 bits per heavy atom. The van der Waals surface area contributed by atoms with Crippen LogP contribution < -0.4 is 5.32 Å². The SMILES string of the molecule is CC1CCN(C(C)Cc2ccccc2)CCCN1. The lowest BCUT2D eigenvalue weighted by atomic mass is 10.0. The van der Waals surface area contributed by atoms with Gasteiger partial charge in [0.25, 0.3) is 0 Å². The van der Waals surface area contributed by atoms with E-state index in [4.69, 9.17) is 0 Å². The van der Waals surface area contributed by atoms with Gasteiger partial charge in [-0.05, 0) is 58.3 Å². The first-order valence-electron chi connectivity index (χ1n) is 7.27. The van der Waals surface area contributed by atoms with Crippen LogP contribution in [0, 0.1) is 0 Å². The molecule has 100 valence electrons. The third-order valence-electron chi connectivity index (χ3n) is 3.96. The van der Waals surface area contributed by atoms with E-state index in [-0.39, 0.29) is 0 Å². The minimum atomic E-state index is 0.651. The molecule has 1 aliphatic heterocycles. The van der Waals surface area contributed by atoms with E-state index in [1.54, 1.807) is 0 Å². The Morgan fingerprint density at radius 1 is 1.28 bits per heavy atom. The van der Waals surface area contributed by atoms with Crippen LogP contribution >= 0.6 is 0 Å². The molecule has 0 aliphatic carbocycles. The highest BCUT2D eigenvalue weighted by molar-refractivity contribution is 5.15. The average molecular weight is 246 g/mol. The van der Waals surface area contributed by atoms with Crippen LogP contribution in [0.15, 0.2) is 30.3 Å². The van der Waals surface area contributed by atoms with E-state index in [1.165, 1.54) is 37.9 Å². The highest BCUT2D eigenvalue weighted by Crippen LogP contribution is 2.11. The molecule has 2 atom stereocenters. The van der Waals surface area contributed by atoms with Crippen LogP contribution in [-0.2, 0) is 6.42 Å². The summed E-state index contributed by atoms with van der Waals surface area (Å²) in [5.41, 5.74) is 1.46. The first-order valence-corrected chi connectivity index (χ1v) is 7.27. The summed E-state index contributed by atoms with van der Waals surface area (Å²) >= 11 is 0. The molecule has 0 spiro atoms. The third-order valence-corrected chi connectivity index (χ3v) is 3.96. The van der Waals surface area contributed by atoms with E-state index >= 15 is 0 Å². The maximum absolute atomic E-state index is 3.57. The summed E-state index contributed by atoms with van der Waals surface area (Å²) in [5.74, 6) is 0. The van der Waals surface area contributed by atoms with Crippen molar-refractivity contribution in [2.24, 2.45) is 0 Å². The summed E-state index contributed by atoms with van der Waals surface area (Å²) in [6, 6.07) is 12.2. The Balaban J connectivity index is 1.88. The molecule has 1 aliphatic rings. The van der Waals surface area contributed by atoms with Gasteiger partial charge in [0, 0.05) is 12.1 Å². The molecule has 0 radical (unpaired) electrons. The second kappa shape index (κ2) is 6.91. The van der Waals surface area contributed by atoms with Gasteiger partial charge in [0.15, 0.2) is 0 Å². The van der Waals surface area contributed by atoms with Crippen molar-refractivity contribution < 1.29 is 0 Å². The van der Waals surface area contributed by atoms with Gasteiger partial charge < -0.3 is 10.2 Å². The van der Waals surface area contributed by atoms with Gasteiger partial charge in [0.1, 0.15) is 0 Å². The molecular weight excluding hydrogens is 220 g/mol. The molecule has 1 aromatic rings. The highest BCUT2D eigenvalue weighted by atomic mass is 15.2. The second-order valence-corrected chi connectivity index (χ2v) is 5.57. The standard InChI is InChI=1S/C16H26N2/c1-14-9-12-18(11-6-10-17-14)15(2)13-16-7-4-3-5-8-16/h3-5,7-8,14-15,17H,6,9-13H2,1-2H3. The van der Waals surface area contributed by atoms with Crippen molar-refractivity contribution in [1.82, 2.24) is 10.2 Å². The lowest BCUT2D eigenvalue weighted by Crippen LogP contribution is -2.43. The molecule has 0 aromatic heterocycles. The second-order valence-electron chi connectivity index (χ2n) is 5.57. The molecule has 2 rings (SSSR count). The summed E-state index contributed by atoms with van der Waals surface area (Å²) in [4.78, 5) is 2.66. The van der Waals surface area contributed by atoms with Gasteiger partial charge >= 0.3 is 0 Å². The summed E-state index contributed by atoms with van der Waals surface area (Å²) in [6.45, 7) is 8.28. The maximum Gasteiger partial charge on any atom is 0.0107 e. The lowest BCUT2D eigenvalue weighted by Gasteiger charge is -2.32. The molecule has 1 N–H and O–H groups in total. The number of hydrogen-bond acceptors (Lipinski definition) is 2. The van der Waals surface area contributed by atoms with Gasteiger partial charge in [-0.1, -0.05) is 30.3 Å². The van der Waals surface area contributed by atoms with Crippen molar-refractivity contribution >= 4 is 0 Å². The Hall–Kier alpha value is -0.860. The van der Waals surface area contributed by atoms with Crippen molar-refractivity contribution in [2.75, 3.05) is 19.6 Å². The summed E-state index contributed by atoms with van der Waals surface area (Å²) in [6.07, 6.45) is 3.70. The Morgan fingerprint density at radius 3 is 2.83 bits per heavy atom. The predicted molar refractivity (Wildman–Crippen MR) is 77.9 cm³/mol. The molecular formula is C16H26N2. The van der Waals surface area contributed by atoms with Crippen molar-refractivity contribution in [3.8, 4) is 0 Å². The van der Waals surface area contributed by atoms with E-state index in [2.05, 4.69) is 54.4 Å². The van der Waals surface area contributed by atoms with Crippen LogP contribution in [0.1, 0.15) is 32.3 Å². The number of hydrogen-bond donors (Lipinski definition) is 1. The molecule has 0 amide bonds. The molecule has 1 fully saturated rings. The maximum atomic E-state index is 3.57. The summed E-state index contributed by atoms with van der Waals surface area (Å²) < 4.78 is 0. The van der Waals surface area contributed by atoms with E-state index in [9.17, 15) is 0 Å². The van der Waals surface area contributed by atoms with Crippen LogP contribution in [0.3, 0.4) is 0 Å². The van der Waals surface area contributed by atoms with Crippen molar-refractivity contribution in [3.63, 3.8) is 0 Å². The molecule has 2 nitrogen and oxygen atoms in total. The summed E-state index contributed by atoms with van der Waals surface area (Å²) in [5, 5.41) is 3.57. The quantitative estimate of drug-likeness (QED) is 0.882. The highest BCUT2D eigenvalue weighted by Gasteiger charge is 2.17. The topological polar surface area (TPSA) is 15.3 Å². The van der Waals surface area contributed by atoms with Gasteiger partial charge in [-0.2, -0.15) is 0 Å². The smallest absolute Gasteiger partial charge is 0.0107 e. The molecule has 1 aromatic carbocycles. The first-order chi connectivity index (χ1) is 8.75. The Bertz CT molecular complexity index is 336. The number of benzene rings is 1. The normalized spacial score (nSPS) is 24.2. The molecule has 0 saturated carbocycles. The van der Waals surface area contributed by atoms with Crippen LogP contribution in [0.4, 0.5) is 0 Å². The van der Waals surface area contributed by atoms with Crippen LogP contribution in [0.25, 0.3) is 0 Å². The zero-order valence-electron chi connectivity index (χ0n) is 11.7. The van der Waals surface area contributed by atoms with Crippen molar-refractivity contribution in [3.05, 3.63) is 35.9 Å². The van der Waals surface area contributed by atoms with Gasteiger partial charge in [0.05, 0.1) is 0 Å². The minimum Gasteiger partial charge on any atom is -0.314 e.